The summed E-state index contributed by atoms with van der Waals surface area (Å²) in [6, 6.07) is 12.2. The van der Waals surface area contributed by atoms with Gasteiger partial charge in [-0.2, -0.15) is 9.78 Å². The molecular formula is C17H13FN6. The van der Waals surface area contributed by atoms with E-state index >= 15 is 0 Å². The molecule has 24 heavy (non-hydrogen) atoms. The number of aromatic nitrogens is 5. The number of fused-ring (bicyclic) bond motifs is 1. The van der Waals surface area contributed by atoms with Crippen molar-refractivity contribution in [2.75, 3.05) is 5.32 Å². The molecule has 0 saturated heterocycles. The Morgan fingerprint density at radius 2 is 1.88 bits per heavy atom. The van der Waals surface area contributed by atoms with E-state index in [4.69, 9.17) is 0 Å². The normalized spacial score (nSPS) is 10.9. The van der Waals surface area contributed by atoms with E-state index in [1.165, 1.54) is 12.4 Å². The number of anilines is 1. The van der Waals surface area contributed by atoms with Crippen molar-refractivity contribution in [3.8, 4) is 5.82 Å². The molecule has 0 fully saturated rings. The van der Waals surface area contributed by atoms with Gasteiger partial charge in [0.25, 0.3) is 0 Å². The molecule has 0 aliphatic carbocycles. The smallest absolute Gasteiger partial charge is 0.170 e. The summed E-state index contributed by atoms with van der Waals surface area (Å²) in [6.07, 6.45) is 4.82. The molecule has 0 radical (unpaired) electrons. The first kappa shape index (κ1) is 14.3. The molecule has 4 aromatic rings. The Hall–Kier alpha value is -3.35. The molecule has 0 saturated carbocycles. The lowest BCUT2D eigenvalue weighted by molar-refractivity contribution is 0.613. The second-order valence-electron chi connectivity index (χ2n) is 5.15. The first-order valence-electron chi connectivity index (χ1n) is 7.40. The van der Waals surface area contributed by atoms with Crippen molar-refractivity contribution in [1.29, 1.82) is 0 Å². The van der Waals surface area contributed by atoms with Crippen LogP contribution in [0.1, 0.15) is 5.56 Å². The predicted molar refractivity (Wildman–Crippen MR) is 88.2 cm³/mol. The third-order valence-corrected chi connectivity index (χ3v) is 3.64. The molecule has 1 aromatic carbocycles. The number of hydrogen-bond acceptors (Lipinski definition) is 5. The van der Waals surface area contributed by atoms with E-state index in [9.17, 15) is 4.39 Å². The van der Waals surface area contributed by atoms with Crippen LogP contribution in [0.25, 0.3) is 16.9 Å². The lowest BCUT2D eigenvalue weighted by Gasteiger charge is -2.07. The molecule has 7 heteroatoms. The van der Waals surface area contributed by atoms with Gasteiger partial charge in [-0.1, -0.05) is 24.3 Å². The quantitative estimate of drug-likeness (QED) is 0.626. The lowest BCUT2D eigenvalue weighted by Crippen LogP contribution is -2.05. The maximum atomic E-state index is 13.7. The number of pyridine rings is 1. The summed E-state index contributed by atoms with van der Waals surface area (Å²) in [5.74, 6) is 1.02. The molecule has 3 heterocycles. The topological polar surface area (TPSA) is 68.5 Å². The molecule has 0 aliphatic heterocycles. The first-order valence-corrected chi connectivity index (χ1v) is 7.40. The number of hydrogen-bond donors (Lipinski definition) is 1. The van der Waals surface area contributed by atoms with Gasteiger partial charge >= 0.3 is 0 Å². The molecular weight excluding hydrogens is 307 g/mol. The average molecular weight is 320 g/mol. The molecule has 118 valence electrons. The molecule has 0 atom stereocenters. The number of nitrogens with one attached hydrogen (secondary N) is 1. The van der Waals surface area contributed by atoms with E-state index in [0.717, 1.165) is 5.39 Å². The van der Waals surface area contributed by atoms with Crippen LogP contribution in [0.3, 0.4) is 0 Å². The van der Waals surface area contributed by atoms with Gasteiger partial charge in [0.2, 0.25) is 0 Å². The third kappa shape index (κ3) is 2.56. The third-order valence-electron chi connectivity index (χ3n) is 3.64. The number of benzene rings is 1. The fourth-order valence-electron chi connectivity index (χ4n) is 2.45. The van der Waals surface area contributed by atoms with Crippen LogP contribution in [-0.2, 0) is 6.54 Å². The average Bonchev–Trinajstić information content (AvgIpc) is 3.06. The monoisotopic (exact) mass is 320 g/mol. The fourth-order valence-corrected chi connectivity index (χ4v) is 2.45. The van der Waals surface area contributed by atoms with Gasteiger partial charge in [0, 0.05) is 18.3 Å². The minimum absolute atomic E-state index is 0.250. The van der Waals surface area contributed by atoms with E-state index in [1.807, 2.05) is 18.2 Å². The highest BCUT2D eigenvalue weighted by molar-refractivity contribution is 5.86. The van der Waals surface area contributed by atoms with Crippen LogP contribution in [0, 0.1) is 5.82 Å². The van der Waals surface area contributed by atoms with Crippen molar-refractivity contribution in [3.63, 3.8) is 0 Å². The second kappa shape index (κ2) is 6.04. The second-order valence-corrected chi connectivity index (χ2v) is 5.15. The summed E-state index contributed by atoms with van der Waals surface area (Å²) in [6.45, 7) is 0.327. The van der Waals surface area contributed by atoms with Crippen LogP contribution in [0.2, 0.25) is 0 Å². The maximum absolute atomic E-state index is 13.7. The summed E-state index contributed by atoms with van der Waals surface area (Å²) in [5.41, 5.74) is 1.21. The number of halogens is 1. The summed E-state index contributed by atoms with van der Waals surface area (Å²) in [4.78, 5) is 12.8. The van der Waals surface area contributed by atoms with Crippen molar-refractivity contribution in [2.24, 2.45) is 0 Å². The van der Waals surface area contributed by atoms with Gasteiger partial charge in [-0.15, -0.1) is 0 Å². The van der Waals surface area contributed by atoms with Crippen molar-refractivity contribution in [3.05, 3.63) is 72.6 Å². The van der Waals surface area contributed by atoms with Gasteiger partial charge in [-0.3, -0.25) is 0 Å². The molecule has 6 nitrogen and oxygen atoms in total. The van der Waals surface area contributed by atoms with Gasteiger partial charge in [0.05, 0.1) is 11.6 Å². The van der Waals surface area contributed by atoms with E-state index < -0.39 is 0 Å². The summed E-state index contributed by atoms with van der Waals surface area (Å²) >= 11 is 0. The summed E-state index contributed by atoms with van der Waals surface area (Å²) in [7, 11) is 0. The Balaban J connectivity index is 1.68. The molecule has 0 amide bonds. The van der Waals surface area contributed by atoms with Crippen molar-refractivity contribution < 1.29 is 4.39 Å². The molecule has 0 aliphatic rings. The lowest BCUT2D eigenvalue weighted by atomic mass is 10.2. The van der Waals surface area contributed by atoms with Gasteiger partial charge in [-0.05, 0) is 18.2 Å². The first-order chi connectivity index (χ1) is 11.8. The largest absolute Gasteiger partial charge is 0.365 e. The van der Waals surface area contributed by atoms with Gasteiger partial charge in [-0.25, -0.2) is 19.3 Å². The molecule has 0 bridgehead atoms. The Kier molecular flexibility index (Phi) is 3.59. The highest BCUT2D eigenvalue weighted by Gasteiger charge is 2.12. The maximum Gasteiger partial charge on any atom is 0.170 e. The summed E-state index contributed by atoms with van der Waals surface area (Å²) < 4.78 is 15.4. The zero-order valence-electron chi connectivity index (χ0n) is 12.6. The molecule has 3 aromatic heterocycles. The van der Waals surface area contributed by atoms with E-state index in [-0.39, 0.29) is 5.82 Å². The highest BCUT2D eigenvalue weighted by atomic mass is 19.1. The Morgan fingerprint density at radius 1 is 1.00 bits per heavy atom. The minimum atomic E-state index is -0.250. The Morgan fingerprint density at radius 3 is 2.71 bits per heavy atom. The SMILES string of the molecule is Fc1ccccc1CNc1ncnc2c1cnn2-c1ccccn1. The standard InChI is InChI=1S/C17H13FN6/c18-14-6-2-1-5-12(14)9-20-16-13-10-23-24(17(13)22-11-21-16)15-7-3-4-8-19-15/h1-8,10-11H,9H2,(H,20,21,22). The van der Waals surface area contributed by atoms with Crippen molar-refractivity contribution in [2.45, 2.75) is 6.54 Å². The number of nitrogens with zero attached hydrogens (tertiary/aromatic N) is 5. The molecule has 4 rings (SSSR count). The predicted octanol–water partition coefficient (Wildman–Crippen LogP) is 2.96. The highest BCUT2D eigenvalue weighted by Crippen LogP contribution is 2.21. The Labute approximate surface area is 137 Å². The van der Waals surface area contributed by atoms with Gasteiger partial charge < -0.3 is 5.32 Å². The number of rotatable bonds is 4. The van der Waals surface area contributed by atoms with Crippen molar-refractivity contribution in [1.82, 2.24) is 24.7 Å². The van der Waals surface area contributed by atoms with Crippen molar-refractivity contribution >= 4 is 16.9 Å². The molecule has 0 spiro atoms. The van der Waals surface area contributed by atoms with Crippen LogP contribution < -0.4 is 5.32 Å². The molecule has 1 N–H and O–H groups in total. The zero-order valence-corrected chi connectivity index (χ0v) is 12.6. The van der Waals surface area contributed by atoms with Crippen LogP contribution in [0.5, 0.6) is 0 Å². The van der Waals surface area contributed by atoms with Crippen LogP contribution in [-0.4, -0.2) is 24.7 Å². The van der Waals surface area contributed by atoms with E-state index in [0.29, 0.717) is 29.4 Å². The fraction of sp³-hybridized carbons (Fsp3) is 0.0588. The Bertz CT molecular complexity index is 983. The van der Waals surface area contributed by atoms with Gasteiger partial charge in [0.15, 0.2) is 11.5 Å². The minimum Gasteiger partial charge on any atom is -0.365 e. The van der Waals surface area contributed by atoms with Crippen LogP contribution in [0.4, 0.5) is 10.2 Å². The van der Waals surface area contributed by atoms with Crippen LogP contribution >= 0.6 is 0 Å². The van der Waals surface area contributed by atoms with Crippen LogP contribution in [0.15, 0.2) is 61.2 Å². The van der Waals surface area contributed by atoms with E-state index in [1.54, 1.807) is 35.3 Å². The van der Waals surface area contributed by atoms with E-state index in [2.05, 4.69) is 25.4 Å². The zero-order chi connectivity index (χ0) is 16.4. The summed E-state index contributed by atoms with van der Waals surface area (Å²) in [5, 5.41) is 8.23. The van der Waals surface area contributed by atoms with Gasteiger partial charge in [0.1, 0.15) is 18.0 Å². The molecule has 0 unspecified atom stereocenters.